The van der Waals surface area contributed by atoms with Crippen molar-refractivity contribution in [3.8, 4) is 11.4 Å². The molecule has 9 heteroatoms. The summed E-state index contributed by atoms with van der Waals surface area (Å²) in [5, 5.41) is 2.80. The molecule has 0 aliphatic heterocycles. The first kappa shape index (κ1) is 22.3. The fourth-order valence-corrected chi connectivity index (χ4v) is 4.61. The summed E-state index contributed by atoms with van der Waals surface area (Å²) >= 11 is 0. The maximum absolute atomic E-state index is 13.1. The molecular formula is C26H19FN4O3S. The molecule has 0 radical (unpaired) electrons. The lowest BCUT2D eigenvalue weighted by molar-refractivity contribution is 0.102. The number of nitrogens with zero attached hydrogens (tertiary/aromatic N) is 1. The molecule has 174 valence electrons. The van der Waals surface area contributed by atoms with Crippen LogP contribution in [0.4, 0.5) is 15.8 Å². The Hall–Kier alpha value is -4.50. The molecule has 5 aromatic rings. The standard InChI is InChI=1S/C26H19FN4O3S/c27-19-10-14-22(15-11-19)35(33,34)31-21-5-3-4-18(16-21)26(32)28-20-12-8-17(9-13-20)25-29-23-6-1-2-7-24(23)30-25/h1-16,31H,(H,28,32)(H,29,30). The third-order valence-corrected chi connectivity index (χ3v) is 6.70. The van der Waals surface area contributed by atoms with Gasteiger partial charge >= 0.3 is 0 Å². The number of imidazole rings is 1. The van der Waals surface area contributed by atoms with Gasteiger partial charge in [-0.05, 0) is 78.9 Å². The molecule has 5 rings (SSSR count). The molecule has 7 nitrogen and oxygen atoms in total. The highest BCUT2D eigenvalue weighted by Crippen LogP contribution is 2.23. The number of H-pyrrole nitrogens is 1. The van der Waals surface area contributed by atoms with Gasteiger partial charge in [-0.15, -0.1) is 0 Å². The Kier molecular flexibility index (Phi) is 5.76. The van der Waals surface area contributed by atoms with E-state index >= 15 is 0 Å². The van der Waals surface area contributed by atoms with Crippen LogP contribution in [0.25, 0.3) is 22.4 Å². The summed E-state index contributed by atoms with van der Waals surface area (Å²) in [5.41, 5.74) is 3.74. The summed E-state index contributed by atoms with van der Waals surface area (Å²) in [5.74, 6) is -0.206. The molecule has 3 N–H and O–H groups in total. The number of hydrogen-bond acceptors (Lipinski definition) is 4. The smallest absolute Gasteiger partial charge is 0.261 e. The van der Waals surface area contributed by atoms with E-state index < -0.39 is 21.7 Å². The number of carbonyl (C=O) groups excluding carboxylic acids is 1. The second kappa shape index (κ2) is 9.03. The van der Waals surface area contributed by atoms with Crippen LogP contribution in [-0.4, -0.2) is 24.3 Å². The maximum atomic E-state index is 13.1. The van der Waals surface area contributed by atoms with Gasteiger partial charge in [-0.2, -0.15) is 0 Å². The molecule has 1 aromatic heterocycles. The number of anilines is 2. The quantitative estimate of drug-likeness (QED) is 0.298. The highest BCUT2D eigenvalue weighted by Gasteiger charge is 2.15. The van der Waals surface area contributed by atoms with Gasteiger partial charge in [0, 0.05) is 22.5 Å². The van der Waals surface area contributed by atoms with Crippen LogP contribution < -0.4 is 10.0 Å². The van der Waals surface area contributed by atoms with Crippen molar-refractivity contribution in [2.24, 2.45) is 0 Å². The van der Waals surface area contributed by atoms with Crippen molar-refractivity contribution in [2.75, 3.05) is 10.0 Å². The number of hydrogen-bond donors (Lipinski definition) is 3. The van der Waals surface area contributed by atoms with Crippen molar-refractivity contribution >= 4 is 38.3 Å². The van der Waals surface area contributed by atoms with Crippen LogP contribution in [-0.2, 0) is 10.0 Å². The molecule has 0 bridgehead atoms. The Morgan fingerprint density at radius 2 is 1.57 bits per heavy atom. The Bertz CT molecular complexity index is 1600. The number of aromatic amines is 1. The molecule has 0 spiro atoms. The number of benzene rings is 4. The van der Waals surface area contributed by atoms with Gasteiger partial charge in [0.25, 0.3) is 15.9 Å². The largest absolute Gasteiger partial charge is 0.338 e. The molecule has 1 amide bonds. The Morgan fingerprint density at radius 1 is 0.829 bits per heavy atom. The lowest BCUT2D eigenvalue weighted by atomic mass is 10.1. The first-order valence-corrected chi connectivity index (χ1v) is 12.1. The van der Waals surface area contributed by atoms with Crippen molar-refractivity contribution in [3.05, 3.63) is 108 Å². The average molecular weight is 487 g/mol. The number of rotatable bonds is 6. The zero-order chi connectivity index (χ0) is 24.4. The van der Waals surface area contributed by atoms with Crippen LogP contribution >= 0.6 is 0 Å². The van der Waals surface area contributed by atoms with Gasteiger partial charge < -0.3 is 10.3 Å². The van der Waals surface area contributed by atoms with Crippen LogP contribution in [0, 0.1) is 5.82 Å². The van der Waals surface area contributed by atoms with Crippen molar-refractivity contribution in [1.29, 1.82) is 0 Å². The average Bonchev–Trinajstić information content (AvgIpc) is 3.29. The summed E-state index contributed by atoms with van der Waals surface area (Å²) in [6.45, 7) is 0. The highest BCUT2D eigenvalue weighted by molar-refractivity contribution is 7.92. The van der Waals surface area contributed by atoms with Gasteiger partial charge in [-0.3, -0.25) is 9.52 Å². The Labute approximate surface area is 200 Å². The van der Waals surface area contributed by atoms with Gasteiger partial charge in [-0.1, -0.05) is 18.2 Å². The molecule has 1 heterocycles. The molecule has 0 unspecified atom stereocenters. The molecule has 35 heavy (non-hydrogen) atoms. The molecular weight excluding hydrogens is 467 g/mol. The fraction of sp³-hybridized carbons (Fsp3) is 0. The zero-order valence-corrected chi connectivity index (χ0v) is 19.0. The zero-order valence-electron chi connectivity index (χ0n) is 18.2. The molecule has 0 saturated heterocycles. The number of para-hydroxylation sites is 2. The minimum atomic E-state index is -3.93. The van der Waals surface area contributed by atoms with Gasteiger partial charge in [0.05, 0.1) is 15.9 Å². The lowest BCUT2D eigenvalue weighted by Crippen LogP contribution is -2.15. The normalized spacial score (nSPS) is 11.3. The van der Waals surface area contributed by atoms with E-state index in [1.807, 2.05) is 36.4 Å². The maximum Gasteiger partial charge on any atom is 0.261 e. The van der Waals surface area contributed by atoms with Crippen molar-refractivity contribution in [1.82, 2.24) is 9.97 Å². The number of amides is 1. The van der Waals surface area contributed by atoms with Crippen LogP contribution in [0.15, 0.2) is 102 Å². The number of carbonyl (C=O) groups is 1. The van der Waals surface area contributed by atoms with Crippen molar-refractivity contribution in [2.45, 2.75) is 4.90 Å². The number of sulfonamides is 1. The molecule has 4 aromatic carbocycles. The molecule has 0 saturated carbocycles. The minimum Gasteiger partial charge on any atom is -0.338 e. The molecule has 0 fully saturated rings. The van der Waals surface area contributed by atoms with E-state index in [-0.39, 0.29) is 16.1 Å². The summed E-state index contributed by atoms with van der Waals surface area (Å²) in [7, 11) is -3.93. The van der Waals surface area contributed by atoms with E-state index in [2.05, 4.69) is 20.0 Å². The first-order valence-electron chi connectivity index (χ1n) is 10.6. The van der Waals surface area contributed by atoms with E-state index in [0.717, 1.165) is 34.6 Å². The van der Waals surface area contributed by atoms with Crippen LogP contribution in [0.2, 0.25) is 0 Å². The number of fused-ring (bicyclic) bond motifs is 1. The van der Waals surface area contributed by atoms with Crippen LogP contribution in [0.3, 0.4) is 0 Å². The summed E-state index contributed by atoms with van der Waals surface area (Å²) < 4.78 is 40.6. The lowest BCUT2D eigenvalue weighted by Gasteiger charge is -2.10. The van der Waals surface area contributed by atoms with Gasteiger partial charge in [-0.25, -0.2) is 17.8 Å². The number of nitrogens with one attached hydrogen (secondary N) is 3. The van der Waals surface area contributed by atoms with Crippen LogP contribution in [0.5, 0.6) is 0 Å². The predicted octanol–water partition coefficient (Wildman–Crippen LogP) is 5.42. The summed E-state index contributed by atoms with van der Waals surface area (Å²) in [6.07, 6.45) is 0. The Morgan fingerprint density at radius 3 is 2.31 bits per heavy atom. The van der Waals surface area contributed by atoms with Gasteiger partial charge in [0.2, 0.25) is 0 Å². The van der Waals surface area contributed by atoms with E-state index in [1.165, 1.54) is 24.3 Å². The molecule has 0 aliphatic rings. The monoisotopic (exact) mass is 486 g/mol. The summed E-state index contributed by atoms with van der Waals surface area (Å²) in [6, 6.07) is 25.5. The molecule has 0 aliphatic carbocycles. The molecule has 0 atom stereocenters. The van der Waals surface area contributed by atoms with E-state index in [0.29, 0.717) is 5.69 Å². The SMILES string of the molecule is O=C(Nc1ccc(-c2nc3ccccc3[nH]2)cc1)c1cccc(NS(=O)(=O)c2ccc(F)cc2)c1. The predicted molar refractivity (Wildman–Crippen MR) is 133 cm³/mol. The van der Waals surface area contributed by atoms with E-state index in [9.17, 15) is 17.6 Å². The fourth-order valence-electron chi connectivity index (χ4n) is 3.56. The first-order chi connectivity index (χ1) is 16.9. The summed E-state index contributed by atoms with van der Waals surface area (Å²) in [4.78, 5) is 20.5. The van der Waals surface area contributed by atoms with Crippen molar-refractivity contribution in [3.63, 3.8) is 0 Å². The number of aromatic nitrogens is 2. The van der Waals surface area contributed by atoms with Crippen LogP contribution in [0.1, 0.15) is 10.4 Å². The van der Waals surface area contributed by atoms with Crippen molar-refractivity contribution < 1.29 is 17.6 Å². The van der Waals surface area contributed by atoms with Gasteiger partial charge in [0.15, 0.2) is 0 Å². The van der Waals surface area contributed by atoms with E-state index in [1.54, 1.807) is 24.3 Å². The second-order valence-corrected chi connectivity index (χ2v) is 9.46. The second-order valence-electron chi connectivity index (χ2n) is 7.77. The highest BCUT2D eigenvalue weighted by atomic mass is 32.2. The Balaban J connectivity index is 1.29. The third-order valence-electron chi connectivity index (χ3n) is 5.31. The van der Waals surface area contributed by atoms with E-state index in [4.69, 9.17) is 0 Å². The van der Waals surface area contributed by atoms with Gasteiger partial charge in [0.1, 0.15) is 11.6 Å². The number of halogens is 1. The topological polar surface area (TPSA) is 104 Å². The third kappa shape index (κ3) is 4.90. The minimum absolute atomic E-state index is 0.0849.